The Morgan fingerprint density at radius 1 is 1.47 bits per heavy atom. The van der Waals surface area contributed by atoms with E-state index in [1.807, 2.05) is 0 Å². The Hall–Kier alpha value is -1.06. The minimum atomic E-state index is -1.08. The monoisotopic (exact) mass is 245 g/mol. The van der Waals surface area contributed by atoms with E-state index in [1.54, 1.807) is 6.20 Å². The molecular weight excluding hydrogens is 230 g/mol. The van der Waals surface area contributed by atoms with Crippen molar-refractivity contribution < 1.29 is 24.8 Å². The van der Waals surface area contributed by atoms with Gasteiger partial charge in [0.1, 0.15) is 24.0 Å². The molecule has 0 amide bonds. The highest BCUT2D eigenvalue weighted by Crippen LogP contribution is 2.22. The summed E-state index contributed by atoms with van der Waals surface area (Å²) in [5.74, 6) is 0. The quantitative estimate of drug-likeness (QED) is 0.555. The topological polar surface area (TPSA) is 110 Å². The number of ether oxygens (including phenoxy) is 2. The van der Waals surface area contributed by atoms with Gasteiger partial charge in [-0.3, -0.25) is 0 Å². The molecule has 0 unspecified atom stereocenters. The molecule has 0 bridgehead atoms. The van der Waals surface area contributed by atoms with Gasteiger partial charge in [-0.25, -0.2) is 4.68 Å². The number of nitrogens with zero attached hydrogens (tertiary/aromatic N) is 3. The van der Waals surface area contributed by atoms with Crippen LogP contribution in [0.3, 0.4) is 0 Å². The molecule has 0 aromatic carbocycles. The van der Waals surface area contributed by atoms with Gasteiger partial charge in [-0.15, -0.1) is 5.10 Å². The van der Waals surface area contributed by atoms with E-state index in [1.165, 1.54) is 11.8 Å². The van der Waals surface area contributed by atoms with Crippen LogP contribution in [0.1, 0.15) is 5.69 Å². The Kier molecular flexibility index (Phi) is 3.69. The van der Waals surface area contributed by atoms with Crippen LogP contribution in [0.2, 0.25) is 0 Å². The highest BCUT2D eigenvalue weighted by molar-refractivity contribution is 4.91. The Bertz CT molecular complexity index is 371. The highest BCUT2D eigenvalue weighted by atomic mass is 16.7. The molecule has 0 radical (unpaired) electrons. The van der Waals surface area contributed by atoms with Crippen LogP contribution < -0.4 is 0 Å². The maximum absolute atomic E-state index is 9.72. The molecule has 3 N–H and O–H groups in total. The molecule has 8 nitrogen and oxygen atoms in total. The first kappa shape index (κ1) is 12.4. The van der Waals surface area contributed by atoms with Crippen molar-refractivity contribution in [3.8, 4) is 0 Å². The Morgan fingerprint density at radius 2 is 2.24 bits per heavy atom. The summed E-state index contributed by atoms with van der Waals surface area (Å²) in [6.45, 7) is 0.0302. The molecule has 1 aliphatic rings. The summed E-state index contributed by atoms with van der Waals surface area (Å²) in [6.07, 6.45) is -2.03. The number of aliphatic hydroxyl groups excluding tert-OH is 3. The molecule has 1 saturated heterocycles. The maximum atomic E-state index is 9.72. The van der Waals surface area contributed by atoms with E-state index in [9.17, 15) is 10.2 Å². The van der Waals surface area contributed by atoms with Crippen molar-refractivity contribution in [3.05, 3.63) is 11.9 Å². The zero-order chi connectivity index (χ0) is 12.4. The van der Waals surface area contributed by atoms with Crippen molar-refractivity contribution in [2.75, 3.05) is 7.11 Å². The van der Waals surface area contributed by atoms with Crippen LogP contribution in [0.4, 0.5) is 0 Å². The number of aromatic nitrogens is 3. The second kappa shape index (κ2) is 5.07. The molecule has 1 aromatic heterocycles. The van der Waals surface area contributed by atoms with E-state index in [0.29, 0.717) is 5.69 Å². The summed E-state index contributed by atoms with van der Waals surface area (Å²) in [6, 6.07) is 0. The molecule has 0 saturated carbocycles. The van der Waals surface area contributed by atoms with Crippen LogP contribution in [-0.4, -0.2) is 62.0 Å². The molecule has 0 aliphatic carbocycles. The smallest absolute Gasteiger partial charge is 0.186 e. The predicted octanol–water partition coefficient (Wildman–Crippen LogP) is -2.14. The van der Waals surface area contributed by atoms with Gasteiger partial charge in [0.2, 0.25) is 0 Å². The third kappa shape index (κ3) is 2.45. The number of hydrogen-bond donors (Lipinski definition) is 3. The van der Waals surface area contributed by atoms with Crippen molar-refractivity contribution in [3.63, 3.8) is 0 Å². The normalized spacial score (nSPS) is 33.2. The van der Waals surface area contributed by atoms with Crippen molar-refractivity contribution in [1.29, 1.82) is 0 Å². The van der Waals surface area contributed by atoms with E-state index in [0.717, 1.165) is 0 Å². The Morgan fingerprint density at radius 3 is 2.76 bits per heavy atom. The fourth-order valence-electron chi connectivity index (χ4n) is 1.74. The predicted molar refractivity (Wildman–Crippen MR) is 53.6 cm³/mol. The molecule has 2 rings (SSSR count). The van der Waals surface area contributed by atoms with Crippen molar-refractivity contribution >= 4 is 0 Å². The lowest BCUT2D eigenvalue weighted by Crippen LogP contribution is -2.34. The van der Waals surface area contributed by atoms with Gasteiger partial charge in [-0.05, 0) is 0 Å². The van der Waals surface area contributed by atoms with Crippen LogP contribution in [0.5, 0.6) is 0 Å². The van der Waals surface area contributed by atoms with Crippen molar-refractivity contribution in [2.24, 2.45) is 0 Å². The number of hydrogen-bond acceptors (Lipinski definition) is 7. The first-order valence-corrected chi connectivity index (χ1v) is 5.20. The second-order valence-electron chi connectivity index (χ2n) is 3.85. The second-order valence-corrected chi connectivity index (χ2v) is 3.85. The molecular formula is C9H15N3O5. The van der Waals surface area contributed by atoms with E-state index < -0.39 is 24.6 Å². The van der Waals surface area contributed by atoms with Gasteiger partial charge in [0, 0.05) is 7.11 Å². The summed E-state index contributed by atoms with van der Waals surface area (Å²) in [4.78, 5) is 0. The molecule has 1 aromatic rings. The van der Waals surface area contributed by atoms with Gasteiger partial charge in [0.05, 0.1) is 19.3 Å². The molecule has 1 fully saturated rings. The van der Waals surface area contributed by atoms with Crippen LogP contribution in [0.15, 0.2) is 6.20 Å². The van der Waals surface area contributed by atoms with Crippen LogP contribution in [0, 0.1) is 0 Å². The van der Waals surface area contributed by atoms with Crippen LogP contribution in [-0.2, 0) is 22.6 Å². The summed E-state index contributed by atoms with van der Waals surface area (Å²) >= 11 is 0. The molecule has 96 valence electrons. The first-order valence-electron chi connectivity index (χ1n) is 5.20. The minimum Gasteiger partial charge on any atom is -0.390 e. The van der Waals surface area contributed by atoms with Crippen LogP contribution >= 0.6 is 0 Å². The summed E-state index contributed by atoms with van der Waals surface area (Å²) < 4.78 is 11.6. The summed E-state index contributed by atoms with van der Waals surface area (Å²) in [5, 5.41) is 35.6. The molecule has 8 heteroatoms. The van der Waals surface area contributed by atoms with E-state index >= 15 is 0 Å². The fourth-order valence-corrected chi connectivity index (χ4v) is 1.74. The third-order valence-electron chi connectivity index (χ3n) is 2.67. The van der Waals surface area contributed by atoms with E-state index in [4.69, 9.17) is 14.6 Å². The largest absolute Gasteiger partial charge is 0.390 e. The lowest BCUT2D eigenvalue weighted by molar-refractivity contribution is -0.150. The summed E-state index contributed by atoms with van der Waals surface area (Å²) in [7, 11) is 1.39. The molecule has 4 atom stereocenters. The van der Waals surface area contributed by atoms with E-state index in [-0.39, 0.29) is 13.2 Å². The molecule has 2 heterocycles. The Balaban J connectivity index is 1.99. The van der Waals surface area contributed by atoms with Crippen molar-refractivity contribution in [1.82, 2.24) is 15.0 Å². The SMILES string of the molecule is CO[C@H]1O[C@H](Cn2cc(CO)nn2)[C@@H](O)[C@@H]1O. The van der Waals surface area contributed by atoms with Gasteiger partial charge < -0.3 is 24.8 Å². The van der Waals surface area contributed by atoms with Gasteiger partial charge in [0.25, 0.3) is 0 Å². The lowest BCUT2D eigenvalue weighted by Gasteiger charge is -2.13. The number of methoxy groups -OCH3 is 1. The minimum absolute atomic E-state index is 0.197. The first-order chi connectivity index (χ1) is 8.15. The molecule has 17 heavy (non-hydrogen) atoms. The molecule has 1 aliphatic heterocycles. The standard InChI is InChI=1S/C9H15N3O5/c1-16-9-8(15)7(14)6(17-9)3-12-2-5(4-13)10-11-12/h2,6-9,13-15H,3-4H2,1H3/t6-,7-,8+,9+/m1/s1. The zero-order valence-corrected chi connectivity index (χ0v) is 9.30. The average Bonchev–Trinajstić information content (AvgIpc) is 2.89. The third-order valence-corrected chi connectivity index (χ3v) is 2.67. The lowest BCUT2D eigenvalue weighted by atomic mass is 10.1. The van der Waals surface area contributed by atoms with Gasteiger partial charge in [-0.2, -0.15) is 0 Å². The van der Waals surface area contributed by atoms with Gasteiger partial charge >= 0.3 is 0 Å². The fraction of sp³-hybridized carbons (Fsp3) is 0.778. The zero-order valence-electron chi connectivity index (χ0n) is 9.30. The number of rotatable bonds is 4. The van der Waals surface area contributed by atoms with Crippen LogP contribution in [0.25, 0.3) is 0 Å². The highest BCUT2D eigenvalue weighted by Gasteiger charge is 2.43. The average molecular weight is 245 g/mol. The Labute approximate surface area is 97.4 Å². The summed E-state index contributed by atoms with van der Waals surface area (Å²) in [5.41, 5.74) is 0.432. The van der Waals surface area contributed by atoms with E-state index in [2.05, 4.69) is 10.3 Å². The van der Waals surface area contributed by atoms with Gasteiger partial charge in [0.15, 0.2) is 6.29 Å². The molecule has 0 spiro atoms. The number of aliphatic hydroxyl groups is 3. The van der Waals surface area contributed by atoms with Crippen molar-refractivity contribution in [2.45, 2.75) is 37.8 Å². The maximum Gasteiger partial charge on any atom is 0.186 e. The van der Waals surface area contributed by atoms with Gasteiger partial charge in [-0.1, -0.05) is 5.21 Å².